The third-order valence-electron chi connectivity index (χ3n) is 2.69. The molecule has 0 saturated carbocycles. The summed E-state index contributed by atoms with van der Waals surface area (Å²) >= 11 is 1.76. The topological polar surface area (TPSA) is 38.0 Å². The van der Waals surface area contributed by atoms with Crippen LogP contribution >= 0.6 is 11.3 Å². The van der Waals surface area contributed by atoms with Gasteiger partial charge in [-0.15, -0.1) is 11.3 Å². The van der Waals surface area contributed by atoms with Crippen molar-refractivity contribution < 1.29 is 0 Å². The van der Waals surface area contributed by atoms with Gasteiger partial charge in [-0.3, -0.25) is 11.3 Å². The number of nitrogens with one attached hydrogen (secondary N) is 1. The van der Waals surface area contributed by atoms with E-state index in [1.807, 2.05) is 0 Å². The second-order valence-electron chi connectivity index (χ2n) is 3.96. The maximum absolute atomic E-state index is 5.58. The Morgan fingerprint density at radius 3 is 2.69 bits per heavy atom. The molecule has 3 heteroatoms. The highest BCUT2D eigenvalue weighted by Crippen LogP contribution is 2.37. The Kier molecular flexibility index (Phi) is 3.47. The van der Waals surface area contributed by atoms with Crippen LogP contribution in [0.3, 0.4) is 0 Å². The van der Waals surface area contributed by atoms with Crippen LogP contribution in [0, 0.1) is 5.41 Å². The van der Waals surface area contributed by atoms with E-state index in [2.05, 4.69) is 43.7 Å². The molecule has 1 rings (SSSR count). The largest absolute Gasteiger partial charge is 0.271 e. The lowest BCUT2D eigenvalue weighted by atomic mass is 9.81. The molecular formula is C10H18N2S. The molecule has 0 radical (unpaired) electrons. The number of hydrogen-bond acceptors (Lipinski definition) is 3. The zero-order valence-corrected chi connectivity index (χ0v) is 9.32. The highest BCUT2D eigenvalue weighted by molar-refractivity contribution is 7.10. The molecule has 1 aromatic rings. The van der Waals surface area contributed by atoms with Crippen LogP contribution in [0.25, 0.3) is 0 Å². The number of hydrazine groups is 1. The smallest absolute Gasteiger partial charge is 0.0604 e. The third kappa shape index (κ3) is 2.30. The van der Waals surface area contributed by atoms with E-state index in [1.165, 1.54) is 4.88 Å². The highest BCUT2D eigenvalue weighted by Gasteiger charge is 2.28. The van der Waals surface area contributed by atoms with Gasteiger partial charge in [0.05, 0.1) is 6.04 Å². The standard InChI is InChI=1S/C10H18N2S/c1-4-10(2,3)9(12-11)8-6-5-7-13-8/h5-7,9,12H,4,11H2,1-3H3. The minimum atomic E-state index is 0.208. The Hall–Kier alpha value is -0.380. The fraction of sp³-hybridized carbons (Fsp3) is 0.600. The van der Waals surface area contributed by atoms with Crippen LogP contribution in [0.5, 0.6) is 0 Å². The van der Waals surface area contributed by atoms with E-state index in [1.54, 1.807) is 11.3 Å². The number of nitrogens with two attached hydrogens (primary N) is 1. The first-order chi connectivity index (χ1) is 6.11. The molecular weight excluding hydrogens is 180 g/mol. The lowest BCUT2D eigenvalue weighted by Gasteiger charge is -2.32. The maximum Gasteiger partial charge on any atom is 0.0604 e. The fourth-order valence-corrected chi connectivity index (χ4v) is 2.35. The second kappa shape index (κ2) is 4.22. The fourth-order valence-electron chi connectivity index (χ4n) is 1.35. The van der Waals surface area contributed by atoms with Crippen molar-refractivity contribution in [1.29, 1.82) is 0 Å². The van der Waals surface area contributed by atoms with Crippen molar-refractivity contribution in [3.05, 3.63) is 22.4 Å². The van der Waals surface area contributed by atoms with Crippen LogP contribution in [0.15, 0.2) is 17.5 Å². The molecule has 0 aliphatic carbocycles. The van der Waals surface area contributed by atoms with E-state index in [9.17, 15) is 0 Å². The Morgan fingerprint density at radius 2 is 2.31 bits per heavy atom. The molecule has 0 aliphatic heterocycles. The monoisotopic (exact) mass is 198 g/mol. The molecule has 0 spiro atoms. The molecule has 1 aromatic heterocycles. The molecule has 0 aromatic carbocycles. The van der Waals surface area contributed by atoms with E-state index in [4.69, 9.17) is 5.84 Å². The second-order valence-corrected chi connectivity index (χ2v) is 4.94. The lowest BCUT2D eigenvalue weighted by molar-refractivity contribution is 0.239. The highest BCUT2D eigenvalue weighted by atomic mass is 32.1. The van der Waals surface area contributed by atoms with Gasteiger partial charge in [0.25, 0.3) is 0 Å². The summed E-state index contributed by atoms with van der Waals surface area (Å²) in [7, 11) is 0. The first-order valence-corrected chi connectivity index (χ1v) is 5.49. The Bertz CT molecular complexity index is 241. The molecule has 13 heavy (non-hydrogen) atoms. The first kappa shape index (κ1) is 10.7. The molecule has 0 saturated heterocycles. The molecule has 0 aliphatic rings. The van der Waals surface area contributed by atoms with Crippen LogP contribution in [0.1, 0.15) is 38.1 Å². The average molecular weight is 198 g/mol. The molecule has 2 nitrogen and oxygen atoms in total. The Morgan fingerprint density at radius 1 is 1.62 bits per heavy atom. The van der Waals surface area contributed by atoms with Crippen molar-refractivity contribution in [3.63, 3.8) is 0 Å². The molecule has 0 fully saturated rings. The van der Waals surface area contributed by atoms with Crippen molar-refractivity contribution in [1.82, 2.24) is 5.43 Å². The maximum atomic E-state index is 5.58. The van der Waals surface area contributed by atoms with Gasteiger partial charge in [-0.2, -0.15) is 0 Å². The number of rotatable bonds is 4. The van der Waals surface area contributed by atoms with Crippen LogP contribution in [-0.4, -0.2) is 0 Å². The Labute approximate surface area is 84.1 Å². The van der Waals surface area contributed by atoms with Gasteiger partial charge in [-0.25, -0.2) is 0 Å². The van der Waals surface area contributed by atoms with Gasteiger partial charge >= 0.3 is 0 Å². The lowest BCUT2D eigenvalue weighted by Crippen LogP contribution is -2.37. The Balaban J connectivity index is 2.86. The zero-order valence-electron chi connectivity index (χ0n) is 8.50. The first-order valence-electron chi connectivity index (χ1n) is 4.61. The summed E-state index contributed by atoms with van der Waals surface area (Å²) in [6.45, 7) is 6.66. The van der Waals surface area contributed by atoms with Gasteiger partial charge in [0.2, 0.25) is 0 Å². The van der Waals surface area contributed by atoms with Crippen LogP contribution in [0.2, 0.25) is 0 Å². The van der Waals surface area contributed by atoms with E-state index in [0.29, 0.717) is 0 Å². The van der Waals surface area contributed by atoms with Gasteiger partial charge in [-0.1, -0.05) is 26.8 Å². The molecule has 0 bridgehead atoms. The third-order valence-corrected chi connectivity index (χ3v) is 3.62. The van der Waals surface area contributed by atoms with E-state index >= 15 is 0 Å². The summed E-state index contributed by atoms with van der Waals surface area (Å²) < 4.78 is 0. The average Bonchev–Trinajstić information content (AvgIpc) is 2.58. The van der Waals surface area contributed by atoms with Crippen molar-refractivity contribution in [3.8, 4) is 0 Å². The molecule has 74 valence electrons. The summed E-state index contributed by atoms with van der Waals surface area (Å²) in [5.74, 6) is 5.58. The summed E-state index contributed by atoms with van der Waals surface area (Å²) in [5, 5.41) is 2.09. The van der Waals surface area contributed by atoms with Crippen molar-refractivity contribution in [2.45, 2.75) is 33.2 Å². The quantitative estimate of drug-likeness (QED) is 0.576. The van der Waals surface area contributed by atoms with Crippen molar-refractivity contribution in [2.24, 2.45) is 11.3 Å². The van der Waals surface area contributed by atoms with E-state index in [-0.39, 0.29) is 11.5 Å². The van der Waals surface area contributed by atoms with Gasteiger partial charge in [0, 0.05) is 4.88 Å². The van der Waals surface area contributed by atoms with Crippen molar-refractivity contribution >= 4 is 11.3 Å². The predicted octanol–water partition coefficient (Wildman–Crippen LogP) is 2.69. The normalized spacial score (nSPS) is 14.5. The van der Waals surface area contributed by atoms with Crippen LogP contribution in [-0.2, 0) is 0 Å². The molecule has 0 amide bonds. The van der Waals surface area contributed by atoms with Crippen molar-refractivity contribution in [2.75, 3.05) is 0 Å². The van der Waals surface area contributed by atoms with Gasteiger partial charge in [-0.05, 0) is 23.3 Å². The minimum absolute atomic E-state index is 0.208. The SMILES string of the molecule is CCC(C)(C)C(NN)c1cccs1. The van der Waals surface area contributed by atoms with E-state index in [0.717, 1.165) is 6.42 Å². The predicted molar refractivity (Wildman–Crippen MR) is 58.5 cm³/mol. The summed E-state index contributed by atoms with van der Waals surface area (Å²) in [4.78, 5) is 1.31. The molecule has 1 heterocycles. The van der Waals surface area contributed by atoms with Gasteiger partial charge in [0.1, 0.15) is 0 Å². The zero-order chi connectivity index (χ0) is 9.90. The minimum Gasteiger partial charge on any atom is -0.271 e. The summed E-state index contributed by atoms with van der Waals surface area (Å²) in [6, 6.07) is 4.46. The number of hydrogen-bond donors (Lipinski definition) is 2. The molecule has 1 atom stereocenters. The van der Waals surface area contributed by atoms with Crippen LogP contribution in [0.4, 0.5) is 0 Å². The summed E-state index contributed by atoms with van der Waals surface area (Å²) in [6.07, 6.45) is 1.11. The van der Waals surface area contributed by atoms with E-state index < -0.39 is 0 Å². The number of thiophene rings is 1. The molecule has 3 N–H and O–H groups in total. The van der Waals surface area contributed by atoms with Gasteiger partial charge < -0.3 is 0 Å². The molecule has 1 unspecified atom stereocenters. The summed E-state index contributed by atoms with van der Waals surface area (Å²) in [5.41, 5.74) is 3.11. The van der Waals surface area contributed by atoms with Gasteiger partial charge in [0.15, 0.2) is 0 Å². The van der Waals surface area contributed by atoms with Crippen LogP contribution < -0.4 is 11.3 Å².